The fourth-order valence-corrected chi connectivity index (χ4v) is 1.34. The Balaban J connectivity index is 2.25. The standard InChI is InChI=1S/C11H10N2O4/c1-16-9-4-2-3-8(10(9)14)11(15)13-7-5-12-17-6-7/h2-6,14H,1H3,(H,13,15). The average molecular weight is 234 g/mol. The second kappa shape index (κ2) is 4.56. The number of ether oxygens (including phenoxy) is 1. The van der Waals surface area contributed by atoms with Gasteiger partial charge in [0.05, 0.1) is 18.9 Å². The normalized spacial score (nSPS) is 9.94. The zero-order valence-corrected chi connectivity index (χ0v) is 9.01. The van der Waals surface area contributed by atoms with Crippen molar-refractivity contribution >= 4 is 11.6 Å². The molecule has 0 atom stereocenters. The lowest BCUT2D eigenvalue weighted by atomic mass is 10.1. The first kappa shape index (κ1) is 11.0. The Labute approximate surface area is 96.8 Å². The maximum Gasteiger partial charge on any atom is 0.259 e. The lowest BCUT2D eigenvalue weighted by molar-refractivity contribution is 0.102. The molecule has 88 valence electrons. The van der Waals surface area contributed by atoms with Gasteiger partial charge in [0.1, 0.15) is 12.0 Å². The first-order valence-corrected chi connectivity index (χ1v) is 4.79. The minimum atomic E-state index is -0.468. The Hall–Kier alpha value is -2.50. The molecule has 0 unspecified atom stereocenters. The summed E-state index contributed by atoms with van der Waals surface area (Å²) in [6, 6.07) is 4.66. The van der Waals surface area contributed by atoms with E-state index in [4.69, 9.17) is 4.74 Å². The van der Waals surface area contributed by atoms with Crippen molar-refractivity contribution in [3.05, 3.63) is 36.2 Å². The van der Waals surface area contributed by atoms with Crippen molar-refractivity contribution < 1.29 is 19.2 Å². The summed E-state index contributed by atoms with van der Waals surface area (Å²) < 4.78 is 9.48. The number of nitrogens with one attached hydrogen (secondary N) is 1. The van der Waals surface area contributed by atoms with Gasteiger partial charge in [-0.2, -0.15) is 0 Å². The van der Waals surface area contributed by atoms with Gasteiger partial charge >= 0.3 is 0 Å². The predicted molar refractivity (Wildman–Crippen MR) is 59.1 cm³/mol. The number of rotatable bonds is 3. The minimum Gasteiger partial charge on any atom is -0.504 e. The van der Waals surface area contributed by atoms with Crippen molar-refractivity contribution in [3.63, 3.8) is 0 Å². The van der Waals surface area contributed by atoms with Gasteiger partial charge in [-0.15, -0.1) is 0 Å². The van der Waals surface area contributed by atoms with Crippen LogP contribution in [0.25, 0.3) is 0 Å². The molecule has 2 N–H and O–H groups in total. The second-order valence-electron chi connectivity index (χ2n) is 3.22. The molecular weight excluding hydrogens is 224 g/mol. The van der Waals surface area contributed by atoms with Gasteiger partial charge in [-0.05, 0) is 12.1 Å². The number of methoxy groups -OCH3 is 1. The third-order valence-electron chi connectivity index (χ3n) is 2.15. The fourth-order valence-electron chi connectivity index (χ4n) is 1.34. The number of carbonyl (C=O) groups excluding carboxylic acids is 1. The quantitative estimate of drug-likeness (QED) is 0.843. The first-order chi connectivity index (χ1) is 8.22. The summed E-state index contributed by atoms with van der Waals surface area (Å²) in [5.74, 6) is -0.434. The minimum absolute atomic E-state index is 0.116. The number of carbonyl (C=O) groups is 1. The van der Waals surface area contributed by atoms with E-state index in [1.54, 1.807) is 12.1 Å². The summed E-state index contributed by atoms with van der Waals surface area (Å²) in [5.41, 5.74) is 0.530. The van der Waals surface area contributed by atoms with Crippen LogP contribution >= 0.6 is 0 Å². The molecule has 1 aromatic heterocycles. The van der Waals surface area contributed by atoms with E-state index in [2.05, 4.69) is 15.0 Å². The number of nitrogens with zero attached hydrogens (tertiary/aromatic N) is 1. The molecule has 1 aromatic carbocycles. The van der Waals surface area contributed by atoms with E-state index in [-0.39, 0.29) is 17.1 Å². The topological polar surface area (TPSA) is 84.6 Å². The van der Waals surface area contributed by atoms with E-state index in [0.29, 0.717) is 5.69 Å². The maximum atomic E-state index is 11.8. The van der Waals surface area contributed by atoms with Crippen LogP contribution in [0.4, 0.5) is 5.69 Å². The van der Waals surface area contributed by atoms with Crippen LogP contribution in [-0.4, -0.2) is 23.3 Å². The van der Waals surface area contributed by atoms with Crippen LogP contribution in [-0.2, 0) is 0 Å². The van der Waals surface area contributed by atoms with Gasteiger partial charge < -0.3 is 19.7 Å². The smallest absolute Gasteiger partial charge is 0.259 e. The van der Waals surface area contributed by atoms with Gasteiger partial charge in [0.15, 0.2) is 11.5 Å². The highest BCUT2D eigenvalue weighted by Gasteiger charge is 2.15. The van der Waals surface area contributed by atoms with Crippen LogP contribution in [0.15, 0.2) is 35.2 Å². The van der Waals surface area contributed by atoms with Crippen LogP contribution in [0, 0.1) is 0 Å². The molecule has 6 heteroatoms. The van der Waals surface area contributed by atoms with E-state index < -0.39 is 5.91 Å². The molecule has 1 amide bonds. The summed E-state index contributed by atoms with van der Waals surface area (Å²) in [6.07, 6.45) is 2.64. The molecule has 2 rings (SSSR count). The molecule has 0 spiro atoms. The van der Waals surface area contributed by atoms with Crippen LogP contribution < -0.4 is 10.1 Å². The van der Waals surface area contributed by atoms with E-state index in [9.17, 15) is 9.90 Å². The monoisotopic (exact) mass is 234 g/mol. The second-order valence-corrected chi connectivity index (χ2v) is 3.22. The lowest BCUT2D eigenvalue weighted by Gasteiger charge is -2.07. The number of aromatic hydroxyl groups is 1. The Morgan fingerprint density at radius 3 is 3.00 bits per heavy atom. The van der Waals surface area contributed by atoms with Crippen LogP contribution in [0.1, 0.15) is 10.4 Å². The first-order valence-electron chi connectivity index (χ1n) is 4.79. The lowest BCUT2D eigenvalue weighted by Crippen LogP contribution is -2.11. The molecule has 0 radical (unpaired) electrons. The zero-order valence-electron chi connectivity index (χ0n) is 9.01. The highest BCUT2D eigenvalue weighted by Crippen LogP contribution is 2.29. The number of anilines is 1. The van der Waals surface area contributed by atoms with Gasteiger partial charge in [0.25, 0.3) is 5.91 Å². The number of aromatic nitrogens is 1. The SMILES string of the molecule is COc1cccc(C(=O)Nc2cnoc2)c1O. The Morgan fingerprint density at radius 1 is 1.53 bits per heavy atom. The molecule has 0 saturated carbocycles. The van der Waals surface area contributed by atoms with Crippen molar-refractivity contribution in [2.45, 2.75) is 0 Å². The van der Waals surface area contributed by atoms with E-state index in [0.717, 1.165) is 0 Å². The van der Waals surface area contributed by atoms with Crippen LogP contribution in [0.3, 0.4) is 0 Å². The number of phenolic OH excluding ortho intramolecular Hbond substituents is 1. The van der Waals surface area contributed by atoms with Crippen molar-refractivity contribution in [1.29, 1.82) is 0 Å². The van der Waals surface area contributed by atoms with Gasteiger partial charge in [-0.25, -0.2) is 0 Å². The zero-order chi connectivity index (χ0) is 12.3. The Bertz CT molecular complexity index is 522. The Kier molecular flexibility index (Phi) is 2.95. The highest BCUT2D eigenvalue weighted by atomic mass is 16.5. The summed E-state index contributed by atoms with van der Waals surface area (Å²) in [4.78, 5) is 11.8. The van der Waals surface area contributed by atoms with Crippen molar-refractivity contribution in [1.82, 2.24) is 5.16 Å². The predicted octanol–water partition coefficient (Wildman–Crippen LogP) is 1.64. The molecular formula is C11H10N2O4. The molecule has 0 aliphatic heterocycles. The average Bonchev–Trinajstić information content (AvgIpc) is 2.82. The fraction of sp³-hybridized carbons (Fsp3) is 0.0909. The number of phenols is 1. The third-order valence-corrected chi connectivity index (χ3v) is 2.15. The van der Waals surface area contributed by atoms with Crippen molar-refractivity contribution in [2.75, 3.05) is 12.4 Å². The summed E-state index contributed by atoms with van der Waals surface area (Å²) >= 11 is 0. The number of para-hydroxylation sites is 1. The maximum absolute atomic E-state index is 11.8. The summed E-state index contributed by atoms with van der Waals surface area (Å²) in [7, 11) is 1.41. The van der Waals surface area contributed by atoms with Gasteiger partial charge in [-0.1, -0.05) is 11.2 Å². The van der Waals surface area contributed by atoms with Gasteiger partial charge in [-0.3, -0.25) is 4.79 Å². The van der Waals surface area contributed by atoms with Gasteiger partial charge in [0, 0.05) is 0 Å². The van der Waals surface area contributed by atoms with E-state index in [1.807, 2.05) is 0 Å². The molecule has 6 nitrogen and oxygen atoms in total. The molecule has 2 aromatic rings. The highest BCUT2D eigenvalue weighted by molar-refractivity contribution is 6.06. The number of hydrogen-bond donors (Lipinski definition) is 2. The molecule has 0 saturated heterocycles. The van der Waals surface area contributed by atoms with Crippen molar-refractivity contribution in [2.24, 2.45) is 0 Å². The molecule has 1 heterocycles. The number of benzene rings is 1. The van der Waals surface area contributed by atoms with E-state index >= 15 is 0 Å². The van der Waals surface area contributed by atoms with Crippen LogP contribution in [0.5, 0.6) is 11.5 Å². The molecule has 0 bridgehead atoms. The van der Waals surface area contributed by atoms with E-state index in [1.165, 1.54) is 25.6 Å². The molecule has 0 aliphatic rings. The number of hydrogen-bond acceptors (Lipinski definition) is 5. The Morgan fingerprint density at radius 2 is 2.35 bits per heavy atom. The van der Waals surface area contributed by atoms with Crippen LogP contribution in [0.2, 0.25) is 0 Å². The molecule has 0 aliphatic carbocycles. The van der Waals surface area contributed by atoms with Gasteiger partial charge in [0.2, 0.25) is 0 Å². The van der Waals surface area contributed by atoms with Crippen molar-refractivity contribution in [3.8, 4) is 11.5 Å². The third kappa shape index (κ3) is 2.20. The summed E-state index contributed by atoms with van der Waals surface area (Å²) in [6.45, 7) is 0. The molecule has 0 fully saturated rings. The largest absolute Gasteiger partial charge is 0.504 e. The number of amides is 1. The molecule has 17 heavy (non-hydrogen) atoms. The summed E-state index contributed by atoms with van der Waals surface area (Å²) in [5, 5.41) is 15.7.